The van der Waals surface area contributed by atoms with Crippen LogP contribution in [0.5, 0.6) is 5.75 Å². The first kappa shape index (κ1) is 22.9. The molecule has 34 heavy (non-hydrogen) atoms. The van der Waals surface area contributed by atoms with Gasteiger partial charge >= 0.3 is 5.97 Å². The Kier molecular flexibility index (Phi) is 6.56. The van der Waals surface area contributed by atoms with Crippen molar-refractivity contribution in [3.63, 3.8) is 0 Å². The fourth-order valence-corrected chi connectivity index (χ4v) is 4.04. The highest BCUT2D eigenvalue weighted by atomic mass is 32.1. The van der Waals surface area contributed by atoms with Gasteiger partial charge in [-0.15, -0.1) is 0 Å². The van der Waals surface area contributed by atoms with E-state index in [0.717, 1.165) is 5.69 Å². The number of amides is 1. The molecular formula is C24H21N5O4S. The second-order valence-electron chi connectivity index (χ2n) is 7.31. The molecule has 9 nitrogen and oxygen atoms in total. The molecule has 1 N–H and O–H groups in total. The number of benzene rings is 2. The maximum absolute atomic E-state index is 12.8. The van der Waals surface area contributed by atoms with Crippen LogP contribution in [-0.4, -0.2) is 40.4 Å². The van der Waals surface area contributed by atoms with Crippen molar-refractivity contribution < 1.29 is 19.1 Å². The summed E-state index contributed by atoms with van der Waals surface area (Å²) < 4.78 is 12.0. The summed E-state index contributed by atoms with van der Waals surface area (Å²) in [5.74, 6) is -1.72. The zero-order valence-corrected chi connectivity index (χ0v) is 19.3. The minimum Gasteiger partial charge on any atom is -0.497 e. The number of ether oxygens (including phenoxy) is 2. The molecule has 1 saturated heterocycles. The molecule has 10 heteroatoms. The molecule has 0 unspecified atom stereocenters. The minimum absolute atomic E-state index is 0.0349. The van der Waals surface area contributed by atoms with E-state index >= 15 is 0 Å². The van der Waals surface area contributed by atoms with Crippen molar-refractivity contribution in [3.8, 4) is 17.5 Å². The van der Waals surface area contributed by atoms with Crippen LogP contribution in [0.3, 0.4) is 0 Å². The lowest BCUT2D eigenvalue weighted by atomic mass is 10.0. The highest BCUT2D eigenvalue weighted by Gasteiger charge is 2.42. The van der Waals surface area contributed by atoms with Crippen LogP contribution in [-0.2, 0) is 9.53 Å². The molecule has 1 amide bonds. The second-order valence-corrected chi connectivity index (χ2v) is 7.73. The molecule has 1 aromatic heterocycles. The Balaban J connectivity index is 1.87. The van der Waals surface area contributed by atoms with Gasteiger partial charge in [-0.3, -0.25) is 4.79 Å². The second kappa shape index (κ2) is 9.72. The fraction of sp³-hybridized carbons (Fsp3) is 0.208. The smallest absolute Gasteiger partial charge is 0.359 e. The molecule has 1 fully saturated rings. The van der Waals surface area contributed by atoms with Crippen LogP contribution < -0.4 is 15.0 Å². The number of hydrogen-bond donors (Lipinski definition) is 1. The highest BCUT2D eigenvalue weighted by Crippen LogP contribution is 2.34. The number of para-hydroxylation sites is 1. The van der Waals surface area contributed by atoms with Crippen LogP contribution in [0.15, 0.2) is 60.8 Å². The molecule has 1 aliphatic heterocycles. The zero-order chi connectivity index (χ0) is 24.2. The van der Waals surface area contributed by atoms with E-state index in [2.05, 4.69) is 10.4 Å². The van der Waals surface area contributed by atoms with Gasteiger partial charge in [0.25, 0.3) is 0 Å². The van der Waals surface area contributed by atoms with Gasteiger partial charge in [-0.2, -0.15) is 10.4 Å². The first-order chi connectivity index (χ1) is 16.5. The van der Waals surface area contributed by atoms with Crippen LogP contribution in [0.1, 0.15) is 29.1 Å². The fourth-order valence-electron chi connectivity index (χ4n) is 3.67. The van der Waals surface area contributed by atoms with Crippen molar-refractivity contribution in [2.24, 2.45) is 5.92 Å². The monoisotopic (exact) mass is 475 g/mol. The number of rotatable bonds is 6. The van der Waals surface area contributed by atoms with Gasteiger partial charge in [0.15, 0.2) is 11.6 Å². The number of thiocarbonyl (C=S) groups is 1. The quantitative estimate of drug-likeness (QED) is 0.428. The third-order valence-corrected chi connectivity index (χ3v) is 5.72. The average Bonchev–Trinajstić information content (AvgIpc) is 3.30. The van der Waals surface area contributed by atoms with E-state index in [4.69, 9.17) is 21.7 Å². The Morgan fingerprint density at radius 1 is 1.18 bits per heavy atom. The molecule has 3 aromatic rings. The summed E-state index contributed by atoms with van der Waals surface area (Å²) in [7, 11) is 1.55. The van der Waals surface area contributed by atoms with Gasteiger partial charge in [-0.25, -0.2) is 9.48 Å². The Bertz CT molecular complexity index is 1270. The number of hydrogen-bond acceptors (Lipinski definition) is 7. The molecule has 0 aliphatic carbocycles. The van der Waals surface area contributed by atoms with E-state index in [-0.39, 0.29) is 17.3 Å². The number of methoxy groups -OCH3 is 1. The Labute approximate surface area is 201 Å². The highest BCUT2D eigenvalue weighted by molar-refractivity contribution is 7.80. The Morgan fingerprint density at radius 2 is 1.88 bits per heavy atom. The van der Waals surface area contributed by atoms with Crippen molar-refractivity contribution in [2.75, 3.05) is 18.6 Å². The standard InChI is InChI=1S/C24H21N5O4S/c1-3-33-24(31)20-19(14-28(27-20)15-7-5-4-6-8-15)21-26-22(30)18(13-25)23(34)29(21)16-9-11-17(32-2)12-10-16/h4-12,14,18,21H,3H2,1-2H3,(H,26,30)/t18-,21+/m1/s1. The summed E-state index contributed by atoms with van der Waals surface area (Å²) in [5, 5.41) is 16.8. The molecule has 2 aromatic carbocycles. The largest absolute Gasteiger partial charge is 0.497 e. The van der Waals surface area contributed by atoms with Crippen LogP contribution in [0, 0.1) is 17.2 Å². The predicted molar refractivity (Wildman–Crippen MR) is 128 cm³/mol. The first-order valence-electron chi connectivity index (χ1n) is 10.5. The maximum atomic E-state index is 12.8. The summed E-state index contributed by atoms with van der Waals surface area (Å²) in [6.07, 6.45) is 0.758. The molecule has 0 radical (unpaired) electrons. The van der Waals surface area contributed by atoms with E-state index in [0.29, 0.717) is 17.0 Å². The van der Waals surface area contributed by atoms with E-state index in [1.165, 1.54) is 0 Å². The topological polar surface area (TPSA) is 109 Å². The summed E-state index contributed by atoms with van der Waals surface area (Å²) in [6, 6.07) is 18.2. The zero-order valence-electron chi connectivity index (χ0n) is 18.5. The number of esters is 1. The van der Waals surface area contributed by atoms with Crippen molar-refractivity contribution in [3.05, 3.63) is 72.1 Å². The van der Waals surface area contributed by atoms with Crippen molar-refractivity contribution in [1.29, 1.82) is 5.26 Å². The number of aromatic nitrogens is 2. The molecule has 1 aliphatic rings. The van der Waals surface area contributed by atoms with E-state index in [9.17, 15) is 14.9 Å². The maximum Gasteiger partial charge on any atom is 0.359 e. The molecule has 4 rings (SSSR count). The summed E-state index contributed by atoms with van der Waals surface area (Å²) in [5.41, 5.74) is 1.74. The van der Waals surface area contributed by atoms with Crippen LogP contribution in [0.4, 0.5) is 5.69 Å². The lowest BCUT2D eigenvalue weighted by Gasteiger charge is -2.39. The number of carbonyl (C=O) groups is 2. The predicted octanol–water partition coefficient (Wildman–Crippen LogP) is 3.16. The van der Waals surface area contributed by atoms with Gasteiger partial charge in [-0.05, 0) is 43.3 Å². The van der Waals surface area contributed by atoms with Gasteiger partial charge in [0.1, 0.15) is 16.9 Å². The molecule has 0 spiro atoms. The number of anilines is 1. The van der Waals surface area contributed by atoms with Crippen molar-refractivity contribution in [1.82, 2.24) is 15.1 Å². The average molecular weight is 476 g/mol. The van der Waals surface area contributed by atoms with Gasteiger partial charge in [0.2, 0.25) is 5.91 Å². The van der Waals surface area contributed by atoms with E-state index in [1.807, 2.05) is 36.4 Å². The van der Waals surface area contributed by atoms with Crippen LogP contribution >= 0.6 is 12.2 Å². The molecule has 172 valence electrons. The normalized spacial score (nSPS) is 17.6. The Hall–Kier alpha value is -4.23. The molecule has 2 heterocycles. The number of carbonyl (C=O) groups excluding carboxylic acids is 2. The number of nitrogens with one attached hydrogen (secondary N) is 1. The SMILES string of the molecule is CCOC(=O)c1nn(-c2ccccc2)cc1[C@H]1NC(=O)[C@@H](C#N)C(=S)N1c1ccc(OC)cc1. The summed E-state index contributed by atoms with van der Waals surface area (Å²) >= 11 is 5.57. The third kappa shape index (κ3) is 4.21. The van der Waals surface area contributed by atoms with Crippen molar-refractivity contribution in [2.45, 2.75) is 13.1 Å². The minimum atomic E-state index is -1.16. The van der Waals surface area contributed by atoms with Gasteiger partial charge in [0.05, 0.1) is 25.5 Å². The lowest BCUT2D eigenvalue weighted by Crippen LogP contribution is -2.55. The van der Waals surface area contributed by atoms with Gasteiger partial charge < -0.3 is 19.7 Å². The molecule has 0 saturated carbocycles. The summed E-state index contributed by atoms with van der Waals surface area (Å²) in [4.78, 5) is 27.4. The van der Waals surface area contributed by atoms with Gasteiger partial charge in [0, 0.05) is 17.4 Å². The van der Waals surface area contributed by atoms with Crippen molar-refractivity contribution >= 4 is 34.8 Å². The molecule has 2 atom stereocenters. The van der Waals surface area contributed by atoms with Crippen LogP contribution in [0.25, 0.3) is 5.69 Å². The number of nitrogens with zero attached hydrogens (tertiary/aromatic N) is 4. The van der Waals surface area contributed by atoms with Gasteiger partial charge in [-0.1, -0.05) is 30.4 Å². The van der Waals surface area contributed by atoms with E-state index in [1.54, 1.807) is 54.1 Å². The number of nitriles is 1. The van der Waals surface area contributed by atoms with E-state index < -0.39 is 24.0 Å². The van der Waals surface area contributed by atoms with Crippen LogP contribution in [0.2, 0.25) is 0 Å². The summed E-state index contributed by atoms with van der Waals surface area (Å²) in [6.45, 7) is 1.86. The first-order valence-corrected chi connectivity index (χ1v) is 10.9. The lowest BCUT2D eigenvalue weighted by molar-refractivity contribution is -0.123. The third-order valence-electron chi connectivity index (χ3n) is 5.29. The Morgan fingerprint density at radius 3 is 2.50 bits per heavy atom. The molecule has 0 bridgehead atoms. The molecular weight excluding hydrogens is 454 g/mol.